The number of phosphoric ester groups is 1. The molecule has 1 fully saturated rings. The zero-order valence-electron chi connectivity index (χ0n) is 11.3. The fourth-order valence-electron chi connectivity index (χ4n) is 2.58. The summed E-state index contributed by atoms with van der Waals surface area (Å²) in [5.74, 6) is 1.26. The van der Waals surface area contributed by atoms with E-state index in [9.17, 15) is 4.57 Å². The molecule has 7 heteroatoms. The highest BCUT2D eigenvalue weighted by Gasteiger charge is 2.37. The highest BCUT2D eigenvalue weighted by Crippen LogP contribution is 2.43. The quantitative estimate of drug-likeness (QED) is 0.446. The van der Waals surface area contributed by atoms with Gasteiger partial charge in [0.25, 0.3) is 0 Å². The van der Waals surface area contributed by atoms with Gasteiger partial charge in [-0.25, -0.2) is 4.57 Å². The van der Waals surface area contributed by atoms with Crippen LogP contribution in [-0.2, 0) is 9.09 Å². The van der Waals surface area contributed by atoms with E-state index >= 15 is 0 Å². The molecular weight excluding hydrogens is 277 g/mol. The molecule has 1 aliphatic rings. The first-order valence-electron chi connectivity index (χ1n) is 6.21. The van der Waals surface area contributed by atoms with Crippen LogP contribution >= 0.6 is 19.4 Å². The zero-order chi connectivity index (χ0) is 14.0. The van der Waals surface area contributed by atoms with Gasteiger partial charge in [0, 0.05) is 5.88 Å². The molecule has 3 unspecified atom stereocenters. The summed E-state index contributed by atoms with van der Waals surface area (Å²) < 4.78 is 16.7. The molecule has 18 heavy (non-hydrogen) atoms. The van der Waals surface area contributed by atoms with E-state index in [4.69, 9.17) is 25.9 Å². The van der Waals surface area contributed by atoms with Crippen molar-refractivity contribution in [1.29, 1.82) is 0 Å². The van der Waals surface area contributed by atoms with Crippen LogP contribution in [0.15, 0.2) is 0 Å². The van der Waals surface area contributed by atoms with Crippen molar-refractivity contribution >= 4 is 19.4 Å². The first-order valence-corrected chi connectivity index (χ1v) is 8.27. The summed E-state index contributed by atoms with van der Waals surface area (Å²) in [7, 11) is 1.54. The maximum Gasteiger partial charge on any atom is 0.470 e. The third-order valence-corrected chi connectivity index (χ3v) is 4.31. The Hall–Kier alpha value is 0.360. The lowest BCUT2D eigenvalue weighted by Crippen LogP contribution is -2.44. The van der Waals surface area contributed by atoms with Crippen molar-refractivity contribution in [2.24, 2.45) is 11.8 Å². The number of hydrogen-bond donors (Lipinski definition) is 2. The molecule has 0 aromatic rings. The largest absolute Gasteiger partial charge is 0.470 e. The third kappa shape index (κ3) is 6.00. The van der Waals surface area contributed by atoms with Crippen molar-refractivity contribution in [2.45, 2.75) is 25.4 Å². The van der Waals surface area contributed by atoms with Gasteiger partial charge in [-0.2, -0.15) is 0 Å². The number of hydrogen-bond acceptors (Lipinski definition) is 2. The minimum absolute atomic E-state index is 0.193. The van der Waals surface area contributed by atoms with E-state index in [1.54, 1.807) is 0 Å². The third-order valence-electron chi connectivity index (χ3n) is 3.33. The number of phosphoric acid groups is 1. The maximum atomic E-state index is 11.1. The first kappa shape index (κ1) is 16.4. The molecule has 108 valence electrons. The monoisotopic (exact) mass is 300 g/mol. The van der Waals surface area contributed by atoms with Gasteiger partial charge in [-0.1, -0.05) is 0 Å². The fourth-order valence-corrected chi connectivity index (χ4v) is 3.45. The molecule has 5 nitrogen and oxygen atoms in total. The van der Waals surface area contributed by atoms with Crippen LogP contribution in [0.2, 0.25) is 0 Å². The number of alkyl halides is 1. The van der Waals surface area contributed by atoms with Gasteiger partial charge in [0.05, 0.1) is 21.1 Å². The van der Waals surface area contributed by atoms with Crippen LogP contribution in [0.5, 0.6) is 0 Å². The van der Waals surface area contributed by atoms with E-state index in [-0.39, 0.29) is 5.92 Å². The first-order chi connectivity index (χ1) is 8.11. The van der Waals surface area contributed by atoms with E-state index in [1.807, 2.05) is 21.1 Å². The summed E-state index contributed by atoms with van der Waals surface area (Å²) in [5.41, 5.74) is 0. The average molecular weight is 301 g/mol. The second kappa shape index (κ2) is 6.21. The summed E-state index contributed by atoms with van der Waals surface area (Å²) in [5, 5.41) is 0. The highest BCUT2D eigenvalue weighted by atomic mass is 35.5. The molecule has 1 saturated carbocycles. The number of quaternary nitrogens is 1. The molecule has 0 aromatic carbocycles. The van der Waals surface area contributed by atoms with Gasteiger partial charge < -0.3 is 14.3 Å². The molecule has 1 rings (SSSR count). The summed E-state index contributed by atoms with van der Waals surface area (Å²) in [6, 6.07) is 0. The van der Waals surface area contributed by atoms with Crippen LogP contribution in [0, 0.1) is 11.8 Å². The Balaban J connectivity index is 2.69. The molecule has 1 aliphatic carbocycles. The Morgan fingerprint density at radius 3 is 2.39 bits per heavy atom. The second-order valence-electron chi connectivity index (χ2n) is 6.20. The second-order valence-corrected chi connectivity index (χ2v) is 7.70. The lowest BCUT2D eigenvalue weighted by atomic mass is 9.99. The lowest BCUT2D eigenvalue weighted by Gasteiger charge is -2.32. The smallest absolute Gasteiger partial charge is 0.329 e. The van der Waals surface area contributed by atoms with Gasteiger partial charge in [0.2, 0.25) is 0 Å². The van der Waals surface area contributed by atoms with Crippen molar-refractivity contribution in [3.8, 4) is 0 Å². The van der Waals surface area contributed by atoms with E-state index in [2.05, 4.69) is 0 Å². The molecule has 0 aromatic heterocycles. The van der Waals surface area contributed by atoms with E-state index < -0.39 is 13.9 Å². The van der Waals surface area contributed by atoms with E-state index in [1.165, 1.54) is 0 Å². The van der Waals surface area contributed by atoms with Crippen molar-refractivity contribution in [3.63, 3.8) is 0 Å². The lowest BCUT2D eigenvalue weighted by molar-refractivity contribution is -0.873. The van der Waals surface area contributed by atoms with Gasteiger partial charge in [0.15, 0.2) is 0 Å². The Morgan fingerprint density at radius 2 is 2.00 bits per heavy atom. The molecule has 0 heterocycles. The fraction of sp³-hybridized carbons (Fsp3) is 1.00. The maximum absolute atomic E-state index is 11.1. The molecule has 0 bridgehead atoms. The number of nitrogens with zero attached hydrogens (tertiary/aromatic N) is 1. The van der Waals surface area contributed by atoms with E-state index in [0.717, 1.165) is 19.3 Å². The molecule has 3 atom stereocenters. The van der Waals surface area contributed by atoms with Gasteiger partial charge in [-0.15, -0.1) is 11.6 Å². The Bertz CT molecular complexity index is 315. The van der Waals surface area contributed by atoms with E-state index in [0.29, 0.717) is 22.8 Å². The molecule has 0 saturated heterocycles. The highest BCUT2D eigenvalue weighted by molar-refractivity contribution is 7.46. The predicted octanol–water partition coefficient (Wildman–Crippen LogP) is 1.83. The molecule has 0 aliphatic heterocycles. The Kier molecular flexibility index (Phi) is 5.66. The van der Waals surface area contributed by atoms with Crippen LogP contribution < -0.4 is 0 Å². The zero-order valence-corrected chi connectivity index (χ0v) is 12.9. The van der Waals surface area contributed by atoms with Gasteiger partial charge >= 0.3 is 7.82 Å². The summed E-state index contributed by atoms with van der Waals surface area (Å²) in [4.78, 5) is 18.0. The average Bonchev–Trinajstić information content (AvgIpc) is 2.59. The Morgan fingerprint density at radius 1 is 1.39 bits per heavy atom. The van der Waals surface area contributed by atoms with Crippen molar-refractivity contribution in [3.05, 3.63) is 0 Å². The summed E-state index contributed by atoms with van der Waals surface area (Å²) >= 11 is 5.85. The minimum Gasteiger partial charge on any atom is -0.329 e. The van der Waals surface area contributed by atoms with Crippen LogP contribution in [0.4, 0.5) is 0 Å². The standard InChI is InChI=1S/C11H23ClNO4P/c1-13(2,3)8-11(17-18(14,15)16)10-5-4-9(6-10)7-12/h9-11H,4-8H2,1-3H3,(H-,14,15,16)/p+1. The molecule has 0 amide bonds. The van der Waals surface area contributed by atoms with Crippen molar-refractivity contribution < 1.29 is 23.4 Å². The van der Waals surface area contributed by atoms with Crippen LogP contribution in [0.1, 0.15) is 19.3 Å². The normalized spacial score (nSPS) is 27.4. The predicted molar refractivity (Wildman–Crippen MR) is 71.4 cm³/mol. The topological polar surface area (TPSA) is 66.8 Å². The van der Waals surface area contributed by atoms with Crippen molar-refractivity contribution in [2.75, 3.05) is 33.6 Å². The number of likely N-dealkylation sites (N-methyl/N-ethyl adjacent to an activating group) is 1. The SMILES string of the molecule is C[N+](C)(C)CC(OP(=O)(O)O)C1CCC(CCl)C1. The number of rotatable bonds is 6. The van der Waals surface area contributed by atoms with Gasteiger partial charge in [0.1, 0.15) is 12.6 Å². The molecule has 0 radical (unpaired) electrons. The molecule has 0 spiro atoms. The Labute approximate surface area is 114 Å². The minimum atomic E-state index is -4.43. The van der Waals surface area contributed by atoms with Crippen molar-refractivity contribution in [1.82, 2.24) is 0 Å². The molecular formula is C11H24ClNO4P+. The number of halogens is 1. The summed E-state index contributed by atoms with van der Waals surface area (Å²) in [6.07, 6.45) is 2.45. The van der Waals surface area contributed by atoms with Crippen LogP contribution in [0.25, 0.3) is 0 Å². The van der Waals surface area contributed by atoms with Crippen LogP contribution in [0.3, 0.4) is 0 Å². The van der Waals surface area contributed by atoms with Gasteiger partial charge in [-0.05, 0) is 31.1 Å². The summed E-state index contributed by atoms with van der Waals surface area (Å²) in [6.45, 7) is 0.588. The van der Waals surface area contributed by atoms with Crippen LogP contribution in [-0.4, -0.2) is 53.9 Å². The molecule has 2 N–H and O–H groups in total. The van der Waals surface area contributed by atoms with Gasteiger partial charge in [-0.3, -0.25) is 4.52 Å².